The summed E-state index contributed by atoms with van der Waals surface area (Å²) in [6.07, 6.45) is -0.156. The Morgan fingerprint density at radius 2 is 1.32 bits per heavy atom. The molecule has 0 spiro atoms. The predicted molar refractivity (Wildman–Crippen MR) is 95.0 cm³/mol. The zero-order valence-corrected chi connectivity index (χ0v) is 14.9. The maximum Gasteiger partial charge on any atom is 0.264 e. The van der Waals surface area contributed by atoms with E-state index in [1.165, 1.54) is 10.4 Å². The van der Waals surface area contributed by atoms with Crippen LogP contribution in [0.2, 0.25) is 5.04 Å². The van der Waals surface area contributed by atoms with E-state index in [1.807, 2.05) is 43.3 Å². The molecule has 118 valence electrons. The van der Waals surface area contributed by atoms with Crippen LogP contribution in [0.5, 0.6) is 0 Å². The Morgan fingerprint density at radius 1 is 0.909 bits per heavy atom. The molecule has 0 heterocycles. The van der Waals surface area contributed by atoms with Crippen LogP contribution < -0.4 is 10.4 Å². The maximum absolute atomic E-state index is 10.3. The minimum atomic E-state index is -2.58. The summed E-state index contributed by atoms with van der Waals surface area (Å²) in [6.45, 7) is 8.58. The van der Waals surface area contributed by atoms with E-state index in [-0.39, 0.29) is 5.04 Å². The quantitative estimate of drug-likeness (QED) is 0.678. The van der Waals surface area contributed by atoms with Crippen molar-refractivity contribution in [2.75, 3.05) is 0 Å². The lowest BCUT2D eigenvalue weighted by Crippen LogP contribution is -2.67. The van der Waals surface area contributed by atoms with Crippen molar-refractivity contribution in [3.8, 4) is 0 Å². The van der Waals surface area contributed by atoms with Crippen molar-refractivity contribution < 1.29 is 9.53 Å². The van der Waals surface area contributed by atoms with Crippen molar-refractivity contribution in [3.05, 3.63) is 60.7 Å². The van der Waals surface area contributed by atoms with E-state index in [0.29, 0.717) is 6.42 Å². The van der Waals surface area contributed by atoms with Gasteiger partial charge in [-0.15, -0.1) is 0 Å². The summed E-state index contributed by atoms with van der Waals surface area (Å²) in [5.41, 5.74) is 0. The molecule has 1 unspecified atom stereocenters. The van der Waals surface area contributed by atoms with Gasteiger partial charge in [-0.25, -0.2) is 0 Å². The topological polar surface area (TPSA) is 29.5 Å². The molecule has 0 bridgehead atoms. The number of aliphatic hydroxyl groups excluding tert-OH is 1. The van der Waals surface area contributed by atoms with Crippen molar-refractivity contribution in [1.82, 2.24) is 0 Å². The van der Waals surface area contributed by atoms with Crippen LogP contribution in [0.15, 0.2) is 60.7 Å². The highest BCUT2D eigenvalue weighted by Gasteiger charge is 2.51. The van der Waals surface area contributed by atoms with Crippen molar-refractivity contribution in [2.45, 2.75) is 45.4 Å². The fraction of sp³-hybridized carbons (Fsp3) is 0.368. The van der Waals surface area contributed by atoms with Crippen molar-refractivity contribution in [2.24, 2.45) is 0 Å². The van der Waals surface area contributed by atoms with Crippen LogP contribution in [0.4, 0.5) is 0 Å². The molecule has 2 aromatic carbocycles. The fourth-order valence-electron chi connectivity index (χ4n) is 2.98. The Kier molecular flexibility index (Phi) is 5.22. The third-order valence-electron chi connectivity index (χ3n) is 4.08. The first-order valence-electron chi connectivity index (χ1n) is 7.88. The van der Waals surface area contributed by atoms with Gasteiger partial charge in [-0.05, 0) is 21.8 Å². The van der Waals surface area contributed by atoms with Crippen LogP contribution in [0.3, 0.4) is 0 Å². The summed E-state index contributed by atoms with van der Waals surface area (Å²) in [5, 5.41) is 12.6. The SMILES string of the molecule is CCC(O)O[Si](c1ccccc1)(c1ccccc1)C(C)(C)C. The van der Waals surface area contributed by atoms with Gasteiger partial charge in [0.25, 0.3) is 8.32 Å². The van der Waals surface area contributed by atoms with E-state index in [0.717, 1.165) is 0 Å². The van der Waals surface area contributed by atoms with Gasteiger partial charge in [0, 0.05) is 0 Å². The molecule has 0 saturated carbocycles. The van der Waals surface area contributed by atoms with Crippen LogP contribution in [0.1, 0.15) is 34.1 Å². The normalized spacial score (nSPS) is 13.9. The molecule has 0 aliphatic carbocycles. The molecule has 2 rings (SSSR count). The molecule has 0 aromatic heterocycles. The average molecular weight is 315 g/mol. The number of hydrogen-bond donors (Lipinski definition) is 1. The van der Waals surface area contributed by atoms with Gasteiger partial charge in [0.05, 0.1) is 0 Å². The average Bonchev–Trinajstić information content (AvgIpc) is 2.52. The lowest BCUT2D eigenvalue weighted by Gasteiger charge is -2.44. The summed E-state index contributed by atoms with van der Waals surface area (Å²) in [5.74, 6) is 0. The van der Waals surface area contributed by atoms with Crippen LogP contribution in [-0.4, -0.2) is 19.7 Å². The zero-order valence-electron chi connectivity index (χ0n) is 13.9. The Balaban J connectivity index is 2.70. The summed E-state index contributed by atoms with van der Waals surface area (Å²) in [6, 6.07) is 20.8. The van der Waals surface area contributed by atoms with Gasteiger partial charge < -0.3 is 9.53 Å². The first kappa shape index (κ1) is 16.9. The molecule has 0 saturated heterocycles. The highest BCUT2D eigenvalue weighted by atomic mass is 28.4. The lowest BCUT2D eigenvalue weighted by molar-refractivity contribution is -0.0271. The van der Waals surface area contributed by atoms with Gasteiger partial charge in [-0.2, -0.15) is 0 Å². The fourth-order valence-corrected chi connectivity index (χ4v) is 7.57. The molecule has 1 N–H and O–H groups in total. The van der Waals surface area contributed by atoms with Gasteiger partial charge in [-0.3, -0.25) is 0 Å². The Bertz CT molecular complexity index is 536. The van der Waals surface area contributed by atoms with E-state index >= 15 is 0 Å². The minimum Gasteiger partial charge on any atom is -0.383 e. The Labute approximate surface area is 134 Å². The molecule has 0 aliphatic rings. The van der Waals surface area contributed by atoms with Crippen molar-refractivity contribution in [1.29, 1.82) is 0 Å². The molecule has 0 radical (unpaired) electrons. The standard InChI is InChI=1S/C19H26O2Si/c1-5-18(20)21-22(19(2,3)4,16-12-8-6-9-13-16)17-14-10-7-11-15-17/h6-15,18,20H,5H2,1-4H3. The zero-order chi connectivity index (χ0) is 16.2. The molecule has 2 nitrogen and oxygen atoms in total. The molecule has 0 aliphatic heterocycles. The second-order valence-electron chi connectivity index (χ2n) is 6.64. The van der Waals surface area contributed by atoms with Crippen LogP contribution in [0.25, 0.3) is 0 Å². The van der Waals surface area contributed by atoms with Crippen LogP contribution in [-0.2, 0) is 4.43 Å². The number of rotatable bonds is 5. The van der Waals surface area contributed by atoms with E-state index in [9.17, 15) is 5.11 Å². The van der Waals surface area contributed by atoms with Crippen LogP contribution >= 0.6 is 0 Å². The Morgan fingerprint density at radius 3 is 1.64 bits per heavy atom. The van der Waals surface area contributed by atoms with Crippen molar-refractivity contribution in [3.63, 3.8) is 0 Å². The Hall–Kier alpha value is -1.42. The first-order valence-corrected chi connectivity index (χ1v) is 9.79. The van der Waals surface area contributed by atoms with Gasteiger partial charge >= 0.3 is 0 Å². The smallest absolute Gasteiger partial charge is 0.264 e. The third kappa shape index (κ3) is 3.17. The number of hydrogen-bond acceptors (Lipinski definition) is 2. The lowest BCUT2D eigenvalue weighted by atomic mass is 10.2. The van der Waals surface area contributed by atoms with E-state index in [2.05, 4.69) is 45.0 Å². The summed E-state index contributed by atoms with van der Waals surface area (Å²) in [7, 11) is -2.58. The molecular weight excluding hydrogens is 288 g/mol. The molecule has 1 atom stereocenters. The second kappa shape index (κ2) is 6.78. The van der Waals surface area contributed by atoms with Gasteiger partial charge in [0.15, 0.2) is 0 Å². The molecule has 0 fully saturated rings. The van der Waals surface area contributed by atoms with Gasteiger partial charge in [-0.1, -0.05) is 88.4 Å². The number of aliphatic hydroxyl groups is 1. The minimum absolute atomic E-state index is 0.0914. The molecular formula is C19H26O2Si. The highest BCUT2D eigenvalue weighted by molar-refractivity contribution is 6.99. The molecule has 2 aromatic rings. The van der Waals surface area contributed by atoms with Gasteiger partial charge in [0.1, 0.15) is 6.29 Å². The largest absolute Gasteiger partial charge is 0.383 e. The van der Waals surface area contributed by atoms with Crippen molar-refractivity contribution >= 4 is 18.7 Å². The third-order valence-corrected chi connectivity index (χ3v) is 9.11. The molecule has 0 amide bonds. The van der Waals surface area contributed by atoms with Gasteiger partial charge in [0.2, 0.25) is 0 Å². The molecule has 3 heteroatoms. The maximum atomic E-state index is 10.3. The highest BCUT2D eigenvalue weighted by Crippen LogP contribution is 2.37. The number of benzene rings is 2. The summed E-state index contributed by atoms with van der Waals surface area (Å²) in [4.78, 5) is 0. The monoisotopic (exact) mass is 314 g/mol. The predicted octanol–water partition coefficient (Wildman–Crippen LogP) is 3.29. The van der Waals surface area contributed by atoms with E-state index in [1.54, 1.807) is 0 Å². The van der Waals surface area contributed by atoms with E-state index in [4.69, 9.17) is 4.43 Å². The molecule has 22 heavy (non-hydrogen) atoms. The summed E-state index contributed by atoms with van der Waals surface area (Å²) < 4.78 is 6.42. The van der Waals surface area contributed by atoms with E-state index < -0.39 is 14.6 Å². The second-order valence-corrected chi connectivity index (χ2v) is 10.9. The first-order chi connectivity index (χ1) is 10.4. The van der Waals surface area contributed by atoms with Crippen LogP contribution in [0, 0.1) is 0 Å². The summed E-state index contributed by atoms with van der Waals surface area (Å²) >= 11 is 0.